The lowest BCUT2D eigenvalue weighted by Crippen LogP contribution is -2.59. The van der Waals surface area contributed by atoms with Crippen molar-refractivity contribution in [3.63, 3.8) is 0 Å². The molecule has 1 saturated heterocycles. The van der Waals surface area contributed by atoms with E-state index in [1.165, 1.54) is 18.2 Å². The Labute approximate surface area is 122 Å². The summed E-state index contributed by atoms with van der Waals surface area (Å²) in [4.78, 5) is 11.8. The second-order valence-corrected chi connectivity index (χ2v) is 5.72. The van der Waals surface area contributed by atoms with Crippen LogP contribution in [-0.4, -0.2) is 37.2 Å². The second-order valence-electron chi connectivity index (χ2n) is 5.72. The third-order valence-corrected chi connectivity index (χ3v) is 3.53. The van der Waals surface area contributed by atoms with Gasteiger partial charge in [0.1, 0.15) is 18.2 Å². The first-order valence-electron chi connectivity index (χ1n) is 6.96. The predicted molar refractivity (Wildman–Crippen MR) is 74.9 cm³/mol. The fourth-order valence-corrected chi connectivity index (χ4v) is 2.22. The standard InChI is InChI=1S/C15H20F2N2O2/c1-10(6-11-12(16)4-3-5-13(11)17)19-14(20)7-21-15(2)8-18-9-15/h3-5,10,18H,6-9H2,1-2H3,(H,19,20). The van der Waals surface area contributed by atoms with E-state index in [-0.39, 0.29) is 36.1 Å². The topological polar surface area (TPSA) is 50.4 Å². The van der Waals surface area contributed by atoms with E-state index in [2.05, 4.69) is 10.6 Å². The molecule has 1 amide bonds. The Hall–Kier alpha value is -1.53. The van der Waals surface area contributed by atoms with Gasteiger partial charge in [-0.1, -0.05) is 6.07 Å². The minimum absolute atomic E-state index is 0.0126. The highest BCUT2D eigenvalue weighted by molar-refractivity contribution is 5.77. The maximum atomic E-state index is 13.5. The molecule has 1 aromatic carbocycles. The Balaban J connectivity index is 1.81. The number of carbonyl (C=O) groups excluding carboxylic acids is 1. The quantitative estimate of drug-likeness (QED) is 0.834. The summed E-state index contributed by atoms with van der Waals surface area (Å²) in [6.45, 7) is 5.01. The van der Waals surface area contributed by atoms with Crippen LogP contribution in [0.25, 0.3) is 0 Å². The molecule has 21 heavy (non-hydrogen) atoms. The molecule has 2 N–H and O–H groups in total. The van der Waals surface area contributed by atoms with Crippen LogP contribution < -0.4 is 10.6 Å². The fourth-order valence-electron chi connectivity index (χ4n) is 2.22. The van der Waals surface area contributed by atoms with Gasteiger partial charge in [-0.05, 0) is 32.4 Å². The van der Waals surface area contributed by atoms with Crippen molar-refractivity contribution in [3.8, 4) is 0 Å². The van der Waals surface area contributed by atoms with Gasteiger partial charge in [0, 0.05) is 24.7 Å². The van der Waals surface area contributed by atoms with Crippen molar-refractivity contribution >= 4 is 5.91 Å². The number of ether oxygens (including phenoxy) is 1. The number of rotatable bonds is 6. The molecule has 1 heterocycles. The Morgan fingerprint density at radius 1 is 1.43 bits per heavy atom. The van der Waals surface area contributed by atoms with Crippen molar-refractivity contribution in [1.82, 2.24) is 10.6 Å². The minimum Gasteiger partial charge on any atom is -0.363 e. The van der Waals surface area contributed by atoms with E-state index in [1.54, 1.807) is 6.92 Å². The number of nitrogens with one attached hydrogen (secondary N) is 2. The van der Waals surface area contributed by atoms with Gasteiger partial charge in [-0.15, -0.1) is 0 Å². The van der Waals surface area contributed by atoms with E-state index in [1.807, 2.05) is 6.92 Å². The molecule has 116 valence electrons. The molecule has 2 rings (SSSR count). The summed E-state index contributed by atoms with van der Waals surface area (Å²) in [6, 6.07) is 3.36. The maximum Gasteiger partial charge on any atom is 0.246 e. The lowest BCUT2D eigenvalue weighted by Gasteiger charge is -2.38. The molecule has 0 saturated carbocycles. The van der Waals surface area contributed by atoms with Crippen LogP contribution in [-0.2, 0) is 16.0 Å². The molecule has 0 spiro atoms. The first-order chi connectivity index (χ1) is 9.89. The average molecular weight is 298 g/mol. The van der Waals surface area contributed by atoms with Gasteiger partial charge in [0.05, 0.1) is 5.60 Å². The third kappa shape index (κ3) is 4.22. The molecule has 4 nitrogen and oxygen atoms in total. The summed E-state index contributed by atoms with van der Waals surface area (Å²) in [6.07, 6.45) is 0.100. The molecule has 1 unspecified atom stereocenters. The molecule has 1 aromatic rings. The van der Waals surface area contributed by atoms with E-state index in [0.717, 1.165) is 13.1 Å². The van der Waals surface area contributed by atoms with Gasteiger partial charge in [-0.25, -0.2) is 8.78 Å². The zero-order valence-electron chi connectivity index (χ0n) is 12.2. The van der Waals surface area contributed by atoms with E-state index in [9.17, 15) is 13.6 Å². The summed E-state index contributed by atoms with van der Waals surface area (Å²) in [5.74, 6) is -1.48. The van der Waals surface area contributed by atoms with Crippen molar-refractivity contribution < 1.29 is 18.3 Å². The molecule has 1 aliphatic heterocycles. The Bertz CT molecular complexity index is 498. The molecular formula is C15H20F2N2O2. The van der Waals surface area contributed by atoms with Gasteiger partial charge in [0.15, 0.2) is 0 Å². The van der Waals surface area contributed by atoms with Crippen LogP contribution in [0.15, 0.2) is 18.2 Å². The van der Waals surface area contributed by atoms with Crippen LogP contribution in [0.3, 0.4) is 0 Å². The molecule has 6 heteroatoms. The van der Waals surface area contributed by atoms with Crippen LogP contribution in [0.5, 0.6) is 0 Å². The molecule has 0 aromatic heterocycles. The second kappa shape index (κ2) is 6.49. The van der Waals surface area contributed by atoms with Gasteiger partial charge in [0.25, 0.3) is 0 Å². The van der Waals surface area contributed by atoms with E-state index < -0.39 is 11.6 Å². The number of amides is 1. The summed E-state index contributed by atoms with van der Waals surface area (Å²) in [5, 5.41) is 5.76. The van der Waals surface area contributed by atoms with Crippen molar-refractivity contribution in [1.29, 1.82) is 0 Å². The zero-order valence-corrected chi connectivity index (χ0v) is 12.2. The zero-order chi connectivity index (χ0) is 15.5. The molecule has 1 fully saturated rings. The van der Waals surface area contributed by atoms with Crippen molar-refractivity contribution in [2.24, 2.45) is 0 Å². The lowest BCUT2D eigenvalue weighted by molar-refractivity contribution is -0.136. The SMILES string of the molecule is CC(Cc1c(F)cccc1F)NC(=O)COC1(C)CNC1. The largest absolute Gasteiger partial charge is 0.363 e. The molecule has 0 bridgehead atoms. The number of halogens is 2. The van der Waals surface area contributed by atoms with Crippen LogP contribution >= 0.6 is 0 Å². The number of hydrogen-bond acceptors (Lipinski definition) is 3. The van der Waals surface area contributed by atoms with Gasteiger partial charge in [-0.3, -0.25) is 4.79 Å². The highest BCUT2D eigenvalue weighted by Crippen LogP contribution is 2.15. The Kier molecular flexibility index (Phi) is 4.90. The third-order valence-electron chi connectivity index (χ3n) is 3.53. The molecule has 1 atom stereocenters. The van der Waals surface area contributed by atoms with Crippen LogP contribution in [0.2, 0.25) is 0 Å². The Morgan fingerprint density at radius 3 is 2.57 bits per heavy atom. The summed E-state index contributed by atoms with van der Waals surface area (Å²) in [7, 11) is 0. The van der Waals surface area contributed by atoms with Gasteiger partial charge >= 0.3 is 0 Å². The van der Waals surface area contributed by atoms with Crippen LogP contribution in [0, 0.1) is 11.6 Å². The summed E-state index contributed by atoms with van der Waals surface area (Å²) in [5.41, 5.74) is -0.306. The monoisotopic (exact) mass is 298 g/mol. The first-order valence-corrected chi connectivity index (χ1v) is 6.96. The summed E-state index contributed by atoms with van der Waals surface area (Å²) < 4.78 is 32.5. The maximum absolute atomic E-state index is 13.5. The number of hydrogen-bond donors (Lipinski definition) is 2. The lowest BCUT2D eigenvalue weighted by atomic mass is 10.0. The normalized spacial score (nSPS) is 17.9. The average Bonchev–Trinajstić information content (AvgIpc) is 2.38. The molecule has 1 aliphatic rings. The first kappa shape index (κ1) is 15.9. The molecule has 0 radical (unpaired) electrons. The predicted octanol–water partition coefficient (Wildman–Crippen LogP) is 1.39. The highest BCUT2D eigenvalue weighted by Gasteiger charge is 2.33. The van der Waals surface area contributed by atoms with Crippen molar-refractivity contribution in [2.75, 3.05) is 19.7 Å². The van der Waals surface area contributed by atoms with Crippen LogP contribution in [0.4, 0.5) is 8.78 Å². The summed E-state index contributed by atoms with van der Waals surface area (Å²) >= 11 is 0. The Morgan fingerprint density at radius 2 is 2.05 bits per heavy atom. The van der Waals surface area contributed by atoms with Gasteiger partial charge in [0.2, 0.25) is 5.91 Å². The van der Waals surface area contributed by atoms with E-state index in [0.29, 0.717) is 0 Å². The number of benzene rings is 1. The highest BCUT2D eigenvalue weighted by atomic mass is 19.1. The molecular weight excluding hydrogens is 278 g/mol. The van der Waals surface area contributed by atoms with Gasteiger partial charge in [-0.2, -0.15) is 0 Å². The number of carbonyl (C=O) groups is 1. The fraction of sp³-hybridized carbons (Fsp3) is 0.533. The molecule has 0 aliphatic carbocycles. The van der Waals surface area contributed by atoms with E-state index in [4.69, 9.17) is 4.74 Å². The van der Waals surface area contributed by atoms with E-state index >= 15 is 0 Å². The smallest absolute Gasteiger partial charge is 0.246 e. The van der Waals surface area contributed by atoms with Gasteiger partial charge < -0.3 is 15.4 Å². The van der Waals surface area contributed by atoms with Crippen molar-refractivity contribution in [2.45, 2.75) is 31.9 Å². The minimum atomic E-state index is -0.597. The van der Waals surface area contributed by atoms with Crippen LogP contribution in [0.1, 0.15) is 19.4 Å². The van der Waals surface area contributed by atoms with Crippen molar-refractivity contribution in [3.05, 3.63) is 35.4 Å².